The number of H-pyrrole nitrogens is 1. The van der Waals surface area contributed by atoms with Gasteiger partial charge in [-0.05, 0) is 62.9 Å². The number of nitrogens with zero attached hydrogens (tertiary/aromatic N) is 5. The van der Waals surface area contributed by atoms with Crippen LogP contribution in [0.3, 0.4) is 0 Å². The summed E-state index contributed by atoms with van der Waals surface area (Å²) in [5.41, 5.74) is 3.89. The number of rotatable bonds is 6. The Hall–Kier alpha value is -3.90. The van der Waals surface area contributed by atoms with E-state index in [2.05, 4.69) is 29.9 Å². The average molecular weight is 597 g/mol. The number of hydrogen-bond donors (Lipinski definition) is 3. The van der Waals surface area contributed by atoms with E-state index in [4.69, 9.17) is 16.6 Å². The van der Waals surface area contributed by atoms with Crippen molar-refractivity contribution in [2.45, 2.75) is 39.7 Å². The summed E-state index contributed by atoms with van der Waals surface area (Å²) in [6, 6.07) is 7.05. The van der Waals surface area contributed by atoms with Crippen LogP contribution in [0.5, 0.6) is 0 Å². The number of carbonyl (C=O) groups excluding carboxylic acids is 1. The standard InChI is InChI=1S/C23H27ClN6O2S.C5H6N2O/c1-13-11-15(14(2)25-17-7-8-18(24)26-20(17)21(31)28-33-4)19-16(12-13)22(32)29(3)23(27-19)30-9-5-6-10-30;1-4-2-6-5(8)7-3-4/h7-8,11-12,14,25H,5-6,9-10H2,1-4H3,(H,28,31);2-3H,1H3,(H,6,7,8). The zero-order chi connectivity index (χ0) is 29.7. The maximum Gasteiger partial charge on any atom is 0.344 e. The van der Waals surface area contributed by atoms with Crippen molar-refractivity contribution in [2.24, 2.45) is 7.05 Å². The molecule has 0 spiro atoms. The van der Waals surface area contributed by atoms with Crippen LogP contribution in [-0.2, 0) is 7.05 Å². The Balaban J connectivity index is 0.000000417. The fourth-order valence-corrected chi connectivity index (χ4v) is 5.09. The molecule has 1 saturated heterocycles. The van der Waals surface area contributed by atoms with Gasteiger partial charge >= 0.3 is 5.69 Å². The summed E-state index contributed by atoms with van der Waals surface area (Å²) >= 11 is 7.24. The molecule has 0 radical (unpaired) electrons. The first-order valence-corrected chi connectivity index (χ1v) is 14.7. The number of aromatic nitrogens is 5. The molecule has 4 aromatic rings. The number of amides is 1. The van der Waals surface area contributed by atoms with E-state index in [9.17, 15) is 14.4 Å². The van der Waals surface area contributed by atoms with Crippen LogP contribution in [0.15, 0.2) is 46.2 Å². The molecule has 0 aliphatic carbocycles. The summed E-state index contributed by atoms with van der Waals surface area (Å²) in [7, 11) is 1.78. The molecule has 1 aliphatic heterocycles. The Bertz CT molecular complexity index is 1660. The van der Waals surface area contributed by atoms with Crippen molar-refractivity contribution in [3.05, 3.63) is 85.0 Å². The molecule has 0 saturated carbocycles. The summed E-state index contributed by atoms with van der Waals surface area (Å²) < 4.78 is 4.33. The van der Waals surface area contributed by atoms with Crippen LogP contribution in [0.25, 0.3) is 10.9 Å². The molecule has 11 nitrogen and oxygen atoms in total. The van der Waals surface area contributed by atoms with Crippen LogP contribution < -0.4 is 26.2 Å². The second-order valence-corrected chi connectivity index (χ2v) is 10.8. The number of benzene rings is 1. The van der Waals surface area contributed by atoms with E-state index in [-0.39, 0.29) is 34.0 Å². The van der Waals surface area contributed by atoms with E-state index in [0.29, 0.717) is 22.5 Å². The summed E-state index contributed by atoms with van der Waals surface area (Å²) in [6.45, 7) is 7.59. The zero-order valence-corrected chi connectivity index (χ0v) is 25.2. The van der Waals surface area contributed by atoms with Crippen LogP contribution in [0.2, 0.25) is 5.15 Å². The fraction of sp³-hybridized carbons (Fsp3) is 0.357. The highest BCUT2D eigenvalue weighted by Crippen LogP contribution is 2.29. The second-order valence-electron chi connectivity index (χ2n) is 9.85. The lowest BCUT2D eigenvalue weighted by atomic mass is 10.0. The van der Waals surface area contributed by atoms with Crippen molar-refractivity contribution in [3.8, 4) is 0 Å². The van der Waals surface area contributed by atoms with Crippen molar-refractivity contribution >= 4 is 52.0 Å². The van der Waals surface area contributed by atoms with Crippen LogP contribution in [0, 0.1) is 13.8 Å². The van der Waals surface area contributed by atoms with Gasteiger partial charge in [0.25, 0.3) is 11.5 Å². The molecule has 4 heterocycles. The number of anilines is 2. The third-order valence-electron chi connectivity index (χ3n) is 6.64. The Morgan fingerprint density at radius 2 is 1.85 bits per heavy atom. The number of nitrogens with one attached hydrogen (secondary N) is 3. The third kappa shape index (κ3) is 7.06. The maximum absolute atomic E-state index is 13.2. The van der Waals surface area contributed by atoms with Gasteiger partial charge in [-0.2, -0.15) is 0 Å². The minimum absolute atomic E-state index is 0.0627. The number of hydrogen-bond acceptors (Lipinski definition) is 9. The number of fused-ring (bicyclic) bond motifs is 1. The van der Waals surface area contributed by atoms with Crippen molar-refractivity contribution < 1.29 is 4.79 Å². The van der Waals surface area contributed by atoms with Gasteiger partial charge in [0, 0.05) is 44.4 Å². The summed E-state index contributed by atoms with van der Waals surface area (Å²) in [5, 5.41) is 4.20. The van der Waals surface area contributed by atoms with E-state index in [1.54, 1.807) is 36.2 Å². The average Bonchev–Trinajstić information content (AvgIpc) is 3.48. The summed E-state index contributed by atoms with van der Waals surface area (Å²) in [4.78, 5) is 53.2. The lowest BCUT2D eigenvalue weighted by Gasteiger charge is -2.23. The Morgan fingerprint density at radius 3 is 2.49 bits per heavy atom. The number of pyridine rings is 1. The van der Waals surface area contributed by atoms with Gasteiger partial charge in [-0.15, -0.1) is 0 Å². The number of aryl methyl sites for hydroxylation is 2. The maximum atomic E-state index is 13.2. The van der Waals surface area contributed by atoms with Gasteiger partial charge < -0.3 is 15.2 Å². The Morgan fingerprint density at radius 1 is 1.12 bits per heavy atom. The van der Waals surface area contributed by atoms with Gasteiger partial charge in [0.1, 0.15) is 5.15 Å². The first-order valence-electron chi connectivity index (χ1n) is 13.1. The first-order chi connectivity index (χ1) is 19.6. The van der Waals surface area contributed by atoms with E-state index in [1.165, 1.54) is 18.1 Å². The summed E-state index contributed by atoms with van der Waals surface area (Å²) in [6.07, 6.45) is 7.10. The Kier molecular flexibility index (Phi) is 9.66. The number of halogens is 1. The lowest BCUT2D eigenvalue weighted by Crippen LogP contribution is -2.30. The molecule has 3 N–H and O–H groups in total. The van der Waals surface area contributed by atoms with Crippen LogP contribution in [0.4, 0.5) is 11.6 Å². The minimum Gasteiger partial charge on any atom is -0.377 e. The third-order valence-corrected chi connectivity index (χ3v) is 7.24. The molecule has 1 amide bonds. The zero-order valence-electron chi connectivity index (χ0n) is 23.6. The van der Waals surface area contributed by atoms with Crippen molar-refractivity contribution in [3.63, 3.8) is 0 Å². The van der Waals surface area contributed by atoms with Crippen LogP contribution in [-0.4, -0.2) is 49.8 Å². The highest BCUT2D eigenvalue weighted by molar-refractivity contribution is 7.97. The molecule has 1 aliphatic rings. The lowest BCUT2D eigenvalue weighted by molar-refractivity contribution is 0.0980. The molecule has 3 aromatic heterocycles. The van der Waals surface area contributed by atoms with E-state index in [1.807, 2.05) is 32.9 Å². The molecule has 0 bridgehead atoms. The Labute approximate surface area is 246 Å². The smallest absolute Gasteiger partial charge is 0.344 e. The molecule has 41 heavy (non-hydrogen) atoms. The van der Waals surface area contributed by atoms with Crippen LogP contribution >= 0.6 is 23.5 Å². The molecule has 1 unspecified atom stereocenters. The van der Waals surface area contributed by atoms with Gasteiger partial charge in [0.05, 0.1) is 22.6 Å². The van der Waals surface area contributed by atoms with Gasteiger partial charge in [-0.3, -0.25) is 18.9 Å². The molecule has 216 valence electrons. The van der Waals surface area contributed by atoms with Gasteiger partial charge in [0.15, 0.2) is 5.69 Å². The molecular formula is C28H33ClN8O3S. The van der Waals surface area contributed by atoms with E-state index >= 15 is 0 Å². The van der Waals surface area contributed by atoms with Crippen LogP contribution in [0.1, 0.15) is 53.0 Å². The van der Waals surface area contributed by atoms with Gasteiger partial charge in [-0.25, -0.2) is 19.7 Å². The predicted octanol–water partition coefficient (Wildman–Crippen LogP) is 4.15. The quantitative estimate of drug-likeness (QED) is 0.221. The van der Waals surface area contributed by atoms with Crippen molar-refractivity contribution in [1.82, 2.24) is 29.2 Å². The number of aromatic amines is 1. The molecule has 13 heteroatoms. The molecule has 1 aromatic carbocycles. The largest absolute Gasteiger partial charge is 0.377 e. The van der Waals surface area contributed by atoms with E-state index in [0.717, 1.165) is 42.6 Å². The van der Waals surface area contributed by atoms with Gasteiger partial charge in [-0.1, -0.05) is 29.6 Å². The fourth-order valence-electron chi connectivity index (χ4n) is 4.66. The number of carbonyl (C=O) groups is 1. The highest BCUT2D eigenvalue weighted by atomic mass is 35.5. The second kappa shape index (κ2) is 13.2. The molecule has 5 rings (SSSR count). The SMILES string of the molecule is CSNC(=O)c1nc(Cl)ccc1NC(C)c1cc(C)cc2c(=O)n(C)c(N3CCCC3)nc12.Cc1cnc(=O)[nH]c1. The first kappa shape index (κ1) is 30.1. The van der Waals surface area contributed by atoms with Gasteiger partial charge in [0.2, 0.25) is 5.95 Å². The van der Waals surface area contributed by atoms with Crippen molar-refractivity contribution in [2.75, 3.05) is 29.6 Å². The topological polar surface area (TPSA) is 138 Å². The highest BCUT2D eigenvalue weighted by Gasteiger charge is 2.22. The molecular weight excluding hydrogens is 564 g/mol. The minimum atomic E-state index is -0.336. The predicted molar refractivity (Wildman–Crippen MR) is 165 cm³/mol. The van der Waals surface area contributed by atoms with E-state index < -0.39 is 0 Å². The monoisotopic (exact) mass is 596 g/mol. The van der Waals surface area contributed by atoms with Crippen molar-refractivity contribution in [1.29, 1.82) is 0 Å². The molecule has 1 fully saturated rings. The molecule has 1 atom stereocenters. The normalized spacial score (nSPS) is 13.5. The summed E-state index contributed by atoms with van der Waals surface area (Å²) in [5.74, 6) is 0.354.